The van der Waals surface area contributed by atoms with Crippen LogP contribution in [0.2, 0.25) is 5.02 Å². The van der Waals surface area contributed by atoms with Crippen LogP contribution in [0.15, 0.2) is 69.0 Å². The van der Waals surface area contributed by atoms with Gasteiger partial charge in [0.1, 0.15) is 23.5 Å². The van der Waals surface area contributed by atoms with E-state index in [1.54, 1.807) is 18.2 Å². The third-order valence-electron chi connectivity index (χ3n) is 3.74. The lowest BCUT2D eigenvalue weighted by Crippen LogP contribution is -1.84. The standard InChI is InChI=1S/C20H11ClFN3OS/c21-13-1-5-16(6-2-13)27-19-8-4-15(26-19)9-12(11-23)20-24-17-7-3-14(22)10-18(17)25-20/h1-10H,(H,24,25)/b12-9-. The Bertz CT molecular complexity index is 1190. The van der Waals surface area contributed by atoms with E-state index in [0.717, 1.165) is 4.90 Å². The van der Waals surface area contributed by atoms with Gasteiger partial charge in [-0.3, -0.25) is 0 Å². The van der Waals surface area contributed by atoms with E-state index < -0.39 is 0 Å². The second-order valence-electron chi connectivity index (χ2n) is 5.63. The number of hydrogen-bond acceptors (Lipinski definition) is 4. The molecule has 0 fully saturated rings. The molecule has 2 aromatic heterocycles. The molecule has 0 atom stereocenters. The third-order valence-corrected chi connectivity index (χ3v) is 4.92. The van der Waals surface area contributed by atoms with E-state index in [0.29, 0.717) is 38.3 Å². The normalized spacial score (nSPS) is 11.7. The molecule has 0 amide bonds. The van der Waals surface area contributed by atoms with Gasteiger partial charge in [-0.1, -0.05) is 23.4 Å². The molecule has 0 spiro atoms. The van der Waals surface area contributed by atoms with Crippen LogP contribution in [0.4, 0.5) is 4.39 Å². The summed E-state index contributed by atoms with van der Waals surface area (Å²) >= 11 is 7.34. The number of allylic oxidation sites excluding steroid dienone is 1. The Balaban J connectivity index is 1.60. The van der Waals surface area contributed by atoms with Crippen LogP contribution in [0.1, 0.15) is 11.6 Å². The number of rotatable bonds is 4. The van der Waals surface area contributed by atoms with Crippen LogP contribution in [-0.2, 0) is 0 Å². The topological polar surface area (TPSA) is 65.6 Å². The number of H-pyrrole nitrogens is 1. The highest BCUT2D eigenvalue weighted by Gasteiger charge is 2.10. The molecule has 0 aliphatic heterocycles. The maximum absolute atomic E-state index is 13.3. The SMILES string of the molecule is N#C/C(=C/c1ccc(Sc2ccc(Cl)cc2)o1)c1nc2ccc(F)cc2[nH]1. The molecule has 4 aromatic rings. The number of furan rings is 1. The van der Waals surface area contributed by atoms with Gasteiger partial charge in [0.15, 0.2) is 5.09 Å². The van der Waals surface area contributed by atoms with Crippen LogP contribution < -0.4 is 0 Å². The number of hydrogen-bond donors (Lipinski definition) is 1. The summed E-state index contributed by atoms with van der Waals surface area (Å²) in [6.07, 6.45) is 1.60. The van der Waals surface area contributed by atoms with Crippen LogP contribution in [0.5, 0.6) is 0 Å². The number of halogens is 2. The number of nitriles is 1. The second kappa shape index (κ2) is 7.31. The van der Waals surface area contributed by atoms with Crippen molar-refractivity contribution in [3.05, 3.63) is 77.0 Å². The van der Waals surface area contributed by atoms with Gasteiger partial charge in [-0.25, -0.2) is 9.37 Å². The fourth-order valence-electron chi connectivity index (χ4n) is 2.49. The quantitative estimate of drug-likeness (QED) is 0.420. The Kier molecular flexibility index (Phi) is 4.71. The number of aromatic amines is 1. The Morgan fingerprint density at radius 2 is 2.00 bits per heavy atom. The molecule has 0 aliphatic carbocycles. The fraction of sp³-hybridized carbons (Fsp3) is 0. The molecule has 0 saturated heterocycles. The molecule has 0 saturated carbocycles. The van der Waals surface area contributed by atoms with E-state index >= 15 is 0 Å². The van der Waals surface area contributed by atoms with Crippen molar-refractivity contribution in [2.24, 2.45) is 0 Å². The molecule has 0 unspecified atom stereocenters. The number of fused-ring (bicyclic) bond motifs is 1. The van der Waals surface area contributed by atoms with Crippen molar-refractivity contribution >= 4 is 46.0 Å². The summed E-state index contributed by atoms with van der Waals surface area (Å²) in [6.45, 7) is 0. The summed E-state index contributed by atoms with van der Waals surface area (Å²) in [5.74, 6) is 0.520. The highest BCUT2D eigenvalue weighted by atomic mass is 35.5. The minimum absolute atomic E-state index is 0.295. The molecule has 4 nitrogen and oxygen atoms in total. The summed E-state index contributed by atoms with van der Waals surface area (Å²) in [5.41, 5.74) is 1.42. The molecule has 0 bridgehead atoms. The van der Waals surface area contributed by atoms with Crippen molar-refractivity contribution in [3.63, 3.8) is 0 Å². The summed E-state index contributed by atoms with van der Waals surface area (Å²) < 4.78 is 19.1. The average Bonchev–Trinajstić information content (AvgIpc) is 3.27. The van der Waals surface area contributed by atoms with Crippen LogP contribution in [0, 0.1) is 17.1 Å². The largest absolute Gasteiger partial charge is 0.450 e. The molecule has 2 aromatic carbocycles. The van der Waals surface area contributed by atoms with Crippen molar-refractivity contribution in [3.8, 4) is 6.07 Å². The zero-order valence-electron chi connectivity index (χ0n) is 13.7. The summed E-state index contributed by atoms with van der Waals surface area (Å²) in [7, 11) is 0. The van der Waals surface area contributed by atoms with E-state index in [4.69, 9.17) is 16.0 Å². The van der Waals surface area contributed by atoms with Crippen LogP contribution in [0.25, 0.3) is 22.7 Å². The van der Waals surface area contributed by atoms with E-state index in [1.807, 2.05) is 30.3 Å². The van der Waals surface area contributed by atoms with Gasteiger partial charge in [-0.2, -0.15) is 5.26 Å². The third kappa shape index (κ3) is 3.90. The zero-order chi connectivity index (χ0) is 18.8. The van der Waals surface area contributed by atoms with Crippen molar-refractivity contribution < 1.29 is 8.81 Å². The average molecular weight is 396 g/mol. The van der Waals surface area contributed by atoms with E-state index in [1.165, 1.54) is 23.9 Å². The van der Waals surface area contributed by atoms with E-state index in [-0.39, 0.29) is 5.82 Å². The van der Waals surface area contributed by atoms with Crippen LogP contribution in [0.3, 0.4) is 0 Å². The number of aromatic nitrogens is 2. The first-order chi connectivity index (χ1) is 13.1. The first-order valence-electron chi connectivity index (χ1n) is 7.91. The molecular formula is C20H11ClFN3OS. The molecular weight excluding hydrogens is 385 g/mol. The van der Waals surface area contributed by atoms with Crippen molar-refractivity contribution in [2.45, 2.75) is 9.99 Å². The molecule has 0 radical (unpaired) electrons. The maximum Gasteiger partial charge on any atom is 0.165 e. The van der Waals surface area contributed by atoms with Gasteiger partial charge in [-0.05, 0) is 54.6 Å². The smallest absolute Gasteiger partial charge is 0.165 e. The number of nitrogens with one attached hydrogen (secondary N) is 1. The molecule has 1 N–H and O–H groups in total. The van der Waals surface area contributed by atoms with Gasteiger partial charge in [-0.15, -0.1) is 0 Å². The lowest BCUT2D eigenvalue weighted by Gasteiger charge is -1.97. The molecule has 0 aliphatic rings. The number of nitrogens with zero attached hydrogens (tertiary/aromatic N) is 2. The van der Waals surface area contributed by atoms with Gasteiger partial charge >= 0.3 is 0 Å². The Hall–Kier alpha value is -3.01. The Morgan fingerprint density at radius 3 is 2.78 bits per heavy atom. The van der Waals surface area contributed by atoms with Crippen molar-refractivity contribution in [1.29, 1.82) is 5.26 Å². The summed E-state index contributed by atoms with van der Waals surface area (Å²) in [5, 5.41) is 10.8. The van der Waals surface area contributed by atoms with E-state index in [9.17, 15) is 9.65 Å². The lowest BCUT2D eigenvalue weighted by molar-refractivity contribution is 0.466. The summed E-state index contributed by atoms with van der Waals surface area (Å²) in [4.78, 5) is 8.28. The summed E-state index contributed by atoms with van der Waals surface area (Å²) in [6, 6.07) is 17.4. The molecule has 27 heavy (non-hydrogen) atoms. The Labute approximate surface area is 163 Å². The van der Waals surface area contributed by atoms with Gasteiger partial charge in [0, 0.05) is 16.0 Å². The highest BCUT2D eigenvalue weighted by Crippen LogP contribution is 2.31. The van der Waals surface area contributed by atoms with Crippen molar-refractivity contribution in [1.82, 2.24) is 9.97 Å². The van der Waals surface area contributed by atoms with Gasteiger partial charge in [0.05, 0.1) is 16.6 Å². The molecule has 7 heteroatoms. The second-order valence-corrected chi connectivity index (χ2v) is 7.14. The molecule has 132 valence electrons. The molecule has 4 rings (SSSR count). The van der Waals surface area contributed by atoms with Crippen LogP contribution >= 0.6 is 23.4 Å². The van der Waals surface area contributed by atoms with Gasteiger partial charge < -0.3 is 9.40 Å². The number of benzene rings is 2. The minimum Gasteiger partial charge on any atom is -0.450 e. The fourth-order valence-corrected chi connectivity index (χ4v) is 3.40. The Morgan fingerprint density at radius 1 is 1.19 bits per heavy atom. The minimum atomic E-state index is -0.366. The predicted octanol–water partition coefficient (Wildman–Crippen LogP) is 6.16. The number of imidazole rings is 1. The highest BCUT2D eigenvalue weighted by molar-refractivity contribution is 7.99. The maximum atomic E-state index is 13.3. The van der Waals surface area contributed by atoms with Crippen LogP contribution in [-0.4, -0.2) is 9.97 Å². The first-order valence-corrected chi connectivity index (χ1v) is 9.11. The zero-order valence-corrected chi connectivity index (χ0v) is 15.3. The van der Waals surface area contributed by atoms with E-state index in [2.05, 4.69) is 16.0 Å². The first kappa shape index (κ1) is 17.4. The van der Waals surface area contributed by atoms with Crippen molar-refractivity contribution in [2.75, 3.05) is 0 Å². The predicted molar refractivity (Wildman–Crippen MR) is 104 cm³/mol. The van der Waals surface area contributed by atoms with Gasteiger partial charge in [0.2, 0.25) is 0 Å². The monoisotopic (exact) mass is 395 g/mol. The lowest BCUT2D eigenvalue weighted by atomic mass is 10.2. The van der Waals surface area contributed by atoms with Gasteiger partial charge in [0.25, 0.3) is 0 Å². The molecule has 2 heterocycles.